The molecule has 3 heteroatoms. The Balaban J connectivity index is 2.50. The highest BCUT2D eigenvalue weighted by Crippen LogP contribution is 2.19. The van der Waals surface area contributed by atoms with Gasteiger partial charge in [-0.25, -0.2) is 0 Å². The third kappa shape index (κ3) is 3.58. The summed E-state index contributed by atoms with van der Waals surface area (Å²) in [5, 5.41) is 3.84. The second-order valence-electron chi connectivity index (χ2n) is 3.32. The van der Waals surface area contributed by atoms with Crippen molar-refractivity contribution >= 4 is 17.4 Å². The van der Waals surface area contributed by atoms with Gasteiger partial charge in [0.2, 0.25) is 0 Å². The molecular formula is C11H18N2S. The largest absolute Gasteiger partial charge is 0.388 e. The van der Waals surface area contributed by atoms with E-state index in [1.54, 1.807) is 0 Å². The van der Waals surface area contributed by atoms with Crippen LogP contribution in [0.4, 0.5) is 5.69 Å². The number of nitrogens with one attached hydrogen (secondary N) is 1. The topological polar surface area (TPSA) is 24.9 Å². The van der Waals surface area contributed by atoms with Gasteiger partial charge < -0.3 is 5.32 Å². The fraction of sp³-hybridized carbons (Fsp3) is 0.545. The summed E-state index contributed by atoms with van der Waals surface area (Å²) < 4.78 is 0. The second kappa shape index (κ2) is 5.91. The first-order valence-corrected chi connectivity index (χ1v) is 6.05. The maximum atomic E-state index is 4.33. The highest BCUT2D eigenvalue weighted by molar-refractivity contribution is 7.99. The van der Waals surface area contributed by atoms with E-state index >= 15 is 0 Å². The van der Waals surface area contributed by atoms with Crippen molar-refractivity contribution in [2.45, 2.75) is 31.3 Å². The van der Waals surface area contributed by atoms with Gasteiger partial charge in [-0.1, -0.05) is 13.8 Å². The third-order valence-corrected chi connectivity index (χ3v) is 3.56. The number of hydrogen-bond donors (Lipinski definition) is 1. The van der Waals surface area contributed by atoms with Crippen LogP contribution in [0.3, 0.4) is 0 Å². The molecule has 1 aromatic rings. The molecule has 0 fully saturated rings. The standard InChI is InChI=1S/C11H18N2S/c1-4-9(2)14-8-11-7-10(12-3)5-6-13-11/h5-7,9H,4,8H2,1-3H3,(H,12,13). The van der Waals surface area contributed by atoms with Crippen molar-refractivity contribution in [2.75, 3.05) is 12.4 Å². The summed E-state index contributed by atoms with van der Waals surface area (Å²) in [6.07, 6.45) is 3.08. The van der Waals surface area contributed by atoms with E-state index in [0.717, 1.165) is 22.4 Å². The van der Waals surface area contributed by atoms with E-state index in [9.17, 15) is 0 Å². The van der Waals surface area contributed by atoms with Gasteiger partial charge in [0.25, 0.3) is 0 Å². The van der Waals surface area contributed by atoms with Crippen molar-refractivity contribution in [3.63, 3.8) is 0 Å². The maximum Gasteiger partial charge on any atom is 0.0523 e. The third-order valence-electron chi connectivity index (χ3n) is 2.20. The van der Waals surface area contributed by atoms with Gasteiger partial charge in [0, 0.05) is 29.9 Å². The van der Waals surface area contributed by atoms with E-state index in [4.69, 9.17) is 0 Å². The first-order valence-electron chi connectivity index (χ1n) is 5.00. The van der Waals surface area contributed by atoms with Crippen LogP contribution in [-0.2, 0) is 5.75 Å². The van der Waals surface area contributed by atoms with Crippen LogP contribution in [0, 0.1) is 0 Å². The van der Waals surface area contributed by atoms with E-state index in [1.165, 1.54) is 6.42 Å². The average molecular weight is 210 g/mol. The Kier molecular flexibility index (Phi) is 4.80. The van der Waals surface area contributed by atoms with Crippen LogP contribution in [0.25, 0.3) is 0 Å². The summed E-state index contributed by atoms with van der Waals surface area (Å²) in [5.41, 5.74) is 2.29. The van der Waals surface area contributed by atoms with Gasteiger partial charge in [0.15, 0.2) is 0 Å². The number of aromatic nitrogens is 1. The zero-order valence-electron chi connectivity index (χ0n) is 9.08. The number of pyridine rings is 1. The molecule has 0 spiro atoms. The van der Waals surface area contributed by atoms with Gasteiger partial charge >= 0.3 is 0 Å². The Bertz CT molecular complexity index is 276. The molecule has 0 aliphatic rings. The van der Waals surface area contributed by atoms with Crippen molar-refractivity contribution in [1.29, 1.82) is 0 Å². The minimum Gasteiger partial charge on any atom is -0.388 e. The summed E-state index contributed by atoms with van der Waals surface area (Å²) in [6, 6.07) is 4.09. The molecule has 1 N–H and O–H groups in total. The summed E-state index contributed by atoms with van der Waals surface area (Å²) in [7, 11) is 1.93. The van der Waals surface area contributed by atoms with Gasteiger partial charge in [0.1, 0.15) is 0 Å². The normalized spacial score (nSPS) is 12.5. The number of anilines is 1. The lowest BCUT2D eigenvalue weighted by Gasteiger charge is -2.08. The molecule has 1 aromatic heterocycles. The first kappa shape index (κ1) is 11.4. The van der Waals surface area contributed by atoms with Gasteiger partial charge in [-0.3, -0.25) is 4.98 Å². The van der Waals surface area contributed by atoms with Gasteiger partial charge in [-0.2, -0.15) is 11.8 Å². The second-order valence-corrected chi connectivity index (χ2v) is 4.74. The summed E-state index contributed by atoms with van der Waals surface area (Å²) in [6.45, 7) is 4.47. The Morgan fingerprint density at radius 1 is 1.57 bits per heavy atom. The van der Waals surface area contributed by atoms with E-state index in [2.05, 4.69) is 30.2 Å². The quantitative estimate of drug-likeness (QED) is 0.808. The maximum absolute atomic E-state index is 4.33. The van der Waals surface area contributed by atoms with Crippen LogP contribution >= 0.6 is 11.8 Å². The number of thioether (sulfide) groups is 1. The minimum atomic E-state index is 0.718. The molecule has 1 atom stereocenters. The molecule has 2 nitrogen and oxygen atoms in total. The predicted octanol–water partition coefficient (Wildman–Crippen LogP) is 3.16. The van der Waals surface area contributed by atoms with Crippen molar-refractivity contribution < 1.29 is 0 Å². The molecule has 0 aliphatic heterocycles. The van der Waals surface area contributed by atoms with E-state index < -0.39 is 0 Å². The van der Waals surface area contributed by atoms with Gasteiger partial charge in [0.05, 0.1) is 5.69 Å². The smallest absolute Gasteiger partial charge is 0.0523 e. The molecule has 0 amide bonds. The van der Waals surface area contributed by atoms with Crippen LogP contribution in [0.1, 0.15) is 26.0 Å². The molecule has 0 saturated heterocycles. The molecule has 0 bridgehead atoms. The predicted molar refractivity (Wildman–Crippen MR) is 64.8 cm³/mol. The number of rotatable bonds is 5. The van der Waals surface area contributed by atoms with Crippen LogP contribution in [0.15, 0.2) is 18.3 Å². The van der Waals surface area contributed by atoms with Crippen molar-refractivity contribution in [1.82, 2.24) is 4.98 Å². The molecule has 1 heterocycles. The fourth-order valence-electron chi connectivity index (χ4n) is 1.06. The fourth-order valence-corrected chi connectivity index (χ4v) is 1.91. The van der Waals surface area contributed by atoms with E-state index in [1.807, 2.05) is 31.1 Å². The molecule has 0 aliphatic carbocycles. The Morgan fingerprint density at radius 2 is 2.36 bits per heavy atom. The highest BCUT2D eigenvalue weighted by Gasteiger charge is 2.01. The lowest BCUT2D eigenvalue weighted by molar-refractivity contribution is 0.904. The van der Waals surface area contributed by atoms with Crippen molar-refractivity contribution in [3.8, 4) is 0 Å². The molecule has 0 radical (unpaired) electrons. The zero-order chi connectivity index (χ0) is 10.4. The average Bonchev–Trinajstić information content (AvgIpc) is 2.26. The Labute approximate surface area is 90.5 Å². The molecule has 0 aromatic carbocycles. The summed E-state index contributed by atoms with van der Waals surface area (Å²) >= 11 is 1.96. The van der Waals surface area contributed by atoms with Gasteiger partial charge in [-0.05, 0) is 18.6 Å². The molecule has 0 saturated carbocycles. The summed E-state index contributed by atoms with van der Waals surface area (Å²) in [4.78, 5) is 4.33. The van der Waals surface area contributed by atoms with E-state index in [-0.39, 0.29) is 0 Å². The van der Waals surface area contributed by atoms with Gasteiger partial charge in [-0.15, -0.1) is 0 Å². The van der Waals surface area contributed by atoms with Crippen molar-refractivity contribution in [2.24, 2.45) is 0 Å². The first-order chi connectivity index (χ1) is 6.76. The zero-order valence-corrected chi connectivity index (χ0v) is 9.90. The van der Waals surface area contributed by atoms with Crippen LogP contribution in [-0.4, -0.2) is 17.3 Å². The van der Waals surface area contributed by atoms with Crippen LogP contribution in [0.2, 0.25) is 0 Å². The molecular weight excluding hydrogens is 192 g/mol. The Hall–Kier alpha value is -0.700. The summed E-state index contributed by atoms with van der Waals surface area (Å²) in [5.74, 6) is 1.00. The van der Waals surface area contributed by atoms with Crippen LogP contribution < -0.4 is 5.32 Å². The molecule has 14 heavy (non-hydrogen) atoms. The molecule has 1 unspecified atom stereocenters. The van der Waals surface area contributed by atoms with Crippen molar-refractivity contribution in [3.05, 3.63) is 24.0 Å². The number of nitrogens with zero attached hydrogens (tertiary/aromatic N) is 1. The van der Waals surface area contributed by atoms with Crippen LogP contribution in [0.5, 0.6) is 0 Å². The lowest BCUT2D eigenvalue weighted by Crippen LogP contribution is -1.96. The highest BCUT2D eigenvalue weighted by atomic mass is 32.2. The number of hydrogen-bond acceptors (Lipinski definition) is 3. The molecule has 78 valence electrons. The lowest BCUT2D eigenvalue weighted by atomic mass is 10.3. The monoisotopic (exact) mass is 210 g/mol. The minimum absolute atomic E-state index is 0.718. The SMILES string of the molecule is CCC(C)SCc1cc(NC)ccn1. The molecule has 1 rings (SSSR count). The van der Waals surface area contributed by atoms with E-state index in [0.29, 0.717) is 0 Å². The Morgan fingerprint density at radius 3 is 3.00 bits per heavy atom.